The number of rotatable bonds is 36. The van der Waals surface area contributed by atoms with E-state index in [0.29, 0.717) is 0 Å². The van der Waals surface area contributed by atoms with E-state index in [1.165, 1.54) is 6.92 Å². The molecule has 0 spiro atoms. The molecule has 9 aromatic rings. The van der Waals surface area contributed by atoms with Crippen LogP contribution in [0, 0.1) is 0 Å². The predicted octanol–water partition coefficient (Wildman–Crippen LogP) is 13.4. The number of hydrogen-bond donors (Lipinski definition) is 1. The number of esters is 1. The second-order valence-electron chi connectivity index (χ2n) is 27.8. The lowest BCUT2D eigenvalue weighted by atomic mass is 9.95. The first-order chi connectivity index (χ1) is 51.9. The molecule has 3 saturated heterocycles. The minimum Gasteiger partial charge on any atom is -0.454 e. The third kappa shape index (κ3) is 20.7. The quantitative estimate of drug-likeness (QED) is 0.0223. The highest BCUT2D eigenvalue weighted by atomic mass is 28.4. The summed E-state index contributed by atoms with van der Waals surface area (Å²) in [7, 11) is -3.36. The Morgan fingerprint density at radius 1 is 0.377 bits per heavy atom. The second kappa shape index (κ2) is 39.1. The molecule has 3 aliphatic heterocycles. The van der Waals surface area contributed by atoms with Crippen LogP contribution in [0.3, 0.4) is 0 Å². The van der Waals surface area contributed by atoms with Gasteiger partial charge in [0, 0.05) is 6.92 Å². The molecule has 12 rings (SSSR count). The third-order valence-electron chi connectivity index (χ3n) is 19.2. The molecule has 0 saturated carbocycles. The fraction of sp³-hybridized carbons (Fsp3) is 0.352. The van der Waals surface area contributed by atoms with Gasteiger partial charge in [0.1, 0.15) is 67.1 Å². The summed E-state index contributed by atoms with van der Waals surface area (Å²) in [5.41, 5.74) is 6.17. The Morgan fingerprint density at radius 2 is 0.698 bits per heavy atom. The smallest absolute Gasteiger partial charge is 0.303 e. The zero-order valence-electron chi connectivity index (χ0n) is 60.7. The highest BCUT2D eigenvalue weighted by Gasteiger charge is 2.58. The van der Waals surface area contributed by atoms with Crippen molar-refractivity contribution < 1.29 is 80.6 Å². The van der Waals surface area contributed by atoms with Crippen LogP contribution in [0.2, 0.25) is 5.04 Å². The molecular formula is C88H98O17Si. The van der Waals surface area contributed by atoms with E-state index in [0.717, 1.165) is 49.3 Å². The van der Waals surface area contributed by atoms with Crippen LogP contribution in [0.4, 0.5) is 0 Å². The molecule has 0 aromatic heterocycles. The van der Waals surface area contributed by atoms with Crippen molar-refractivity contribution in [3.63, 3.8) is 0 Å². The molecule has 0 aliphatic carbocycles. The molecule has 3 aliphatic rings. The molecule has 0 unspecified atom stereocenters. The summed E-state index contributed by atoms with van der Waals surface area (Å²) >= 11 is 0. The maximum atomic E-state index is 14.2. The summed E-state index contributed by atoms with van der Waals surface area (Å²) < 4.78 is 107. The maximum Gasteiger partial charge on any atom is 0.303 e. The largest absolute Gasteiger partial charge is 0.454 e. The Labute approximate surface area is 624 Å². The summed E-state index contributed by atoms with van der Waals surface area (Å²) in [6.07, 6.45) is -15.7. The molecule has 556 valence electrons. The van der Waals surface area contributed by atoms with Crippen LogP contribution in [0.1, 0.15) is 66.6 Å². The van der Waals surface area contributed by atoms with Gasteiger partial charge in [-0.15, -0.1) is 6.58 Å². The van der Waals surface area contributed by atoms with Crippen molar-refractivity contribution >= 4 is 24.7 Å². The molecule has 3 heterocycles. The van der Waals surface area contributed by atoms with E-state index in [2.05, 4.69) is 51.6 Å². The van der Waals surface area contributed by atoms with Crippen LogP contribution >= 0.6 is 0 Å². The Hall–Kier alpha value is -8.19. The van der Waals surface area contributed by atoms with Gasteiger partial charge < -0.3 is 75.8 Å². The normalized spacial score (nSPS) is 24.8. The predicted molar refractivity (Wildman–Crippen MR) is 404 cm³/mol. The standard InChI is InChI=1S/C88H98O17Si/c1-6-52-92-82-79(96-57-68-42-24-11-25-43-68)77(94-55-66-38-20-9-21-39-66)74(102-85(82)90)61-99-86-83(80(97-58-69-44-26-12-27-45-69)76(93-54-65-36-18-8-19-37-65)73(103-86)60-91-53-64-34-16-7-17-35-64)105-87-84(101-63(2)89)81(98-59-70-46-28-13-29-47-70)78(95-56-67-40-22-10-23-41-67)75(104-87)62-100-106(88(3,4)5,71-48-30-14-31-49-71)72-50-32-15-33-51-72/h6-51,73-87,90H,1,52-62H2,2-5H3/t73-,74-,75-,76-,77-,78-,79+,80+,81+,82+,83+,84+,85+,86+,87-/m1/s1. The van der Waals surface area contributed by atoms with Crippen LogP contribution < -0.4 is 10.4 Å². The molecule has 0 radical (unpaired) electrons. The molecule has 15 atom stereocenters. The second-order valence-corrected chi connectivity index (χ2v) is 32.1. The van der Waals surface area contributed by atoms with Crippen molar-refractivity contribution in [1.82, 2.24) is 0 Å². The van der Waals surface area contributed by atoms with Crippen molar-refractivity contribution in [2.24, 2.45) is 0 Å². The first-order valence-electron chi connectivity index (χ1n) is 36.5. The summed E-state index contributed by atoms with van der Waals surface area (Å²) in [5.74, 6) is -0.641. The lowest BCUT2D eigenvalue weighted by Crippen LogP contribution is -2.69. The number of hydrogen-bond acceptors (Lipinski definition) is 17. The van der Waals surface area contributed by atoms with E-state index < -0.39 is 111 Å². The number of aliphatic hydroxyl groups excluding tert-OH is 1. The molecule has 0 amide bonds. The van der Waals surface area contributed by atoms with Crippen LogP contribution in [-0.4, -0.2) is 138 Å². The van der Waals surface area contributed by atoms with E-state index in [1.54, 1.807) is 6.08 Å². The van der Waals surface area contributed by atoms with Gasteiger partial charge in [0.05, 0.1) is 72.7 Å². The lowest BCUT2D eigenvalue weighted by Gasteiger charge is -2.51. The Morgan fingerprint density at radius 3 is 1.07 bits per heavy atom. The van der Waals surface area contributed by atoms with Gasteiger partial charge in [0.2, 0.25) is 0 Å². The number of aliphatic hydroxyl groups is 1. The number of carbonyl (C=O) groups is 1. The number of carbonyl (C=O) groups excluding carboxylic acids is 1. The average molecular weight is 1460 g/mol. The molecule has 18 heteroatoms. The average Bonchev–Trinajstić information content (AvgIpc) is 0.756. The molecule has 3 fully saturated rings. The van der Waals surface area contributed by atoms with Gasteiger partial charge >= 0.3 is 5.97 Å². The minimum atomic E-state index is -3.36. The van der Waals surface area contributed by atoms with Crippen LogP contribution in [0.5, 0.6) is 0 Å². The Balaban J connectivity index is 0.994. The first-order valence-corrected chi connectivity index (χ1v) is 38.4. The van der Waals surface area contributed by atoms with Gasteiger partial charge in [-0.3, -0.25) is 4.79 Å². The first kappa shape index (κ1) is 77.4. The van der Waals surface area contributed by atoms with Gasteiger partial charge in [0.25, 0.3) is 8.32 Å². The molecule has 9 aromatic carbocycles. The molecular weight excluding hydrogens is 1360 g/mol. The highest BCUT2D eigenvalue weighted by Crippen LogP contribution is 2.41. The van der Waals surface area contributed by atoms with E-state index >= 15 is 0 Å². The zero-order chi connectivity index (χ0) is 73.3. The van der Waals surface area contributed by atoms with Gasteiger partial charge in [0.15, 0.2) is 25.0 Å². The summed E-state index contributed by atoms with van der Waals surface area (Å²) in [5, 5.41) is 13.9. The number of ether oxygens (including phenoxy) is 14. The van der Waals surface area contributed by atoms with Crippen LogP contribution in [-0.2, 0) is 122 Å². The number of benzene rings is 9. The van der Waals surface area contributed by atoms with Crippen molar-refractivity contribution in [3.05, 3.63) is 325 Å². The fourth-order valence-electron chi connectivity index (χ4n) is 14.1. The Bertz CT molecular complexity index is 3950. The van der Waals surface area contributed by atoms with Gasteiger partial charge in [-0.25, -0.2) is 0 Å². The molecule has 106 heavy (non-hydrogen) atoms. The van der Waals surface area contributed by atoms with E-state index in [9.17, 15) is 9.90 Å². The van der Waals surface area contributed by atoms with Crippen molar-refractivity contribution in [1.29, 1.82) is 0 Å². The van der Waals surface area contributed by atoms with E-state index in [4.69, 9.17) is 70.7 Å². The topological polar surface area (TPSA) is 176 Å². The highest BCUT2D eigenvalue weighted by molar-refractivity contribution is 6.99. The van der Waals surface area contributed by atoms with Gasteiger partial charge in [-0.05, 0) is 54.4 Å². The lowest BCUT2D eigenvalue weighted by molar-refractivity contribution is -0.384. The Kier molecular flexibility index (Phi) is 28.5. The van der Waals surface area contributed by atoms with E-state index in [-0.39, 0.29) is 72.7 Å². The van der Waals surface area contributed by atoms with Gasteiger partial charge in [-0.1, -0.05) is 300 Å². The maximum absolute atomic E-state index is 14.2. The van der Waals surface area contributed by atoms with Gasteiger partial charge in [-0.2, -0.15) is 0 Å². The minimum absolute atomic E-state index is 0.0151. The monoisotopic (exact) mass is 1450 g/mol. The zero-order valence-corrected chi connectivity index (χ0v) is 61.7. The van der Waals surface area contributed by atoms with Crippen molar-refractivity contribution in [2.45, 2.75) is 171 Å². The summed E-state index contributed by atoms with van der Waals surface area (Å²) in [6, 6.07) is 89.4. The third-order valence-corrected chi connectivity index (χ3v) is 24.2. The van der Waals surface area contributed by atoms with Crippen LogP contribution in [0.15, 0.2) is 286 Å². The van der Waals surface area contributed by atoms with Crippen molar-refractivity contribution in [3.8, 4) is 0 Å². The molecule has 1 N–H and O–H groups in total. The summed E-state index contributed by atoms with van der Waals surface area (Å²) in [4.78, 5) is 14.2. The van der Waals surface area contributed by atoms with Crippen molar-refractivity contribution in [2.75, 3.05) is 26.4 Å². The van der Waals surface area contributed by atoms with Crippen LogP contribution in [0.25, 0.3) is 0 Å². The molecule has 17 nitrogen and oxygen atoms in total. The molecule has 0 bridgehead atoms. The SMILES string of the molecule is C=CCO[C@H]1[C@@H](OCc2ccccc2)[C@H](OCc2ccccc2)[C@@H](CO[C@H]2O[C@H](COCc3ccccc3)[C@@H](OCc3ccccc3)[C@H](OCc3ccccc3)[C@@H]2O[C@H]2O[C@H](CO[Si](c3ccccc3)(c3ccccc3)C(C)(C)C)[C@@H](OCc3ccccc3)[C@H](OCc3ccccc3)[C@@H]2OC(C)=O)O[C@@H]1O. The fourth-order valence-corrected chi connectivity index (χ4v) is 18.6. The van der Waals surface area contributed by atoms with E-state index in [1.807, 2.05) is 249 Å². The summed E-state index contributed by atoms with van der Waals surface area (Å²) in [6.45, 7) is 12.5.